The number of likely N-dealkylation sites (N-methyl/N-ethyl adjacent to an activating group) is 1. The number of aromatic nitrogens is 1. The van der Waals surface area contributed by atoms with Crippen molar-refractivity contribution < 1.29 is 9.59 Å². The summed E-state index contributed by atoms with van der Waals surface area (Å²) in [5.74, 6) is -0.740. The highest BCUT2D eigenvalue weighted by molar-refractivity contribution is 6.42. The molecule has 1 fully saturated rings. The Hall–Kier alpha value is -3.91. The predicted molar refractivity (Wildman–Crippen MR) is 131 cm³/mol. The number of nitriles is 2. The first-order chi connectivity index (χ1) is 16.8. The normalized spacial score (nSPS) is 16.9. The molecule has 0 bridgehead atoms. The van der Waals surface area contributed by atoms with E-state index in [1.807, 2.05) is 18.2 Å². The van der Waals surface area contributed by atoms with Gasteiger partial charge < -0.3 is 9.80 Å². The molecule has 3 aromatic rings. The van der Waals surface area contributed by atoms with Crippen LogP contribution in [0.5, 0.6) is 0 Å². The van der Waals surface area contributed by atoms with Crippen molar-refractivity contribution in [2.45, 2.75) is 12.0 Å². The second-order valence-corrected chi connectivity index (χ2v) is 9.02. The minimum absolute atomic E-state index is 0.195. The molecule has 1 aliphatic heterocycles. The minimum atomic E-state index is -0.362. The second-order valence-electron chi connectivity index (χ2n) is 8.21. The zero-order valence-electron chi connectivity index (χ0n) is 18.7. The van der Waals surface area contributed by atoms with E-state index in [4.69, 9.17) is 33.7 Å². The topological polar surface area (TPSA) is 101 Å². The number of pyridine rings is 1. The van der Waals surface area contributed by atoms with Gasteiger partial charge in [-0.05, 0) is 54.1 Å². The van der Waals surface area contributed by atoms with E-state index in [0.29, 0.717) is 39.8 Å². The number of carbonyl (C=O) groups is 2. The van der Waals surface area contributed by atoms with E-state index in [9.17, 15) is 9.59 Å². The number of nitrogens with zero attached hydrogens (tertiary/aromatic N) is 5. The molecule has 0 N–H and O–H groups in total. The standard InChI is InChI=1S/C26H19Cl2N5O2/c1-32(26(35)23-9-4-17(12-30)13-31-23)24-15-33(25(34)18-5-2-16(11-29)3-6-18)14-20(24)19-7-8-21(27)22(28)10-19/h2-10,13,20,24H,14-15H2,1H3/t20-,24+/m0/s1. The molecule has 2 aromatic carbocycles. The fraction of sp³-hybridized carbons (Fsp3) is 0.192. The third kappa shape index (κ3) is 4.97. The molecule has 2 amide bonds. The Labute approximate surface area is 212 Å². The molecule has 0 unspecified atom stereocenters. The third-order valence-electron chi connectivity index (χ3n) is 6.14. The highest BCUT2D eigenvalue weighted by Crippen LogP contribution is 2.35. The highest BCUT2D eigenvalue weighted by Gasteiger charge is 2.40. The maximum absolute atomic E-state index is 13.3. The number of likely N-dealkylation sites (tertiary alicyclic amines) is 1. The van der Waals surface area contributed by atoms with Crippen molar-refractivity contribution in [3.05, 3.63) is 98.8 Å². The van der Waals surface area contributed by atoms with E-state index in [1.165, 1.54) is 12.3 Å². The fourth-order valence-corrected chi connectivity index (χ4v) is 4.51. The van der Waals surface area contributed by atoms with E-state index in [1.54, 1.807) is 59.3 Å². The molecule has 0 radical (unpaired) electrons. The van der Waals surface area contributed by atoms with Crippen LogP contribution in [0.4, 0.5) is 0 Å². The molecule has 0 aliphatic carbocycles. The zero-order chi connectivity index (χ0) is 25.1. The summed E-state index contributed by atoms with van der Waals surface area (Å²) in [5, 5.41) is 18.8. The van der Waals surface area contributed by atoms with Crippen LogP contribution in [0.25, 0.3) is 0 Å². The van der Waals surface area contributed by atoms with Gasteiger partial charge in [0.1, 0.15) is 11.8 Å². The molecule has 0 spiro atoms. The number of hydrogen-bond acceptors (Lipinski definition) is 5. The lowest BCUT2D eigenvalue weighted by Crippen LogP contribution is -2.42. The Morgan fingerprint density at radius 1 is 0.971 bits per heavy atom. The number of rotatable bonds is 4. The van der Waals surface area contributed by atoms with Crippen molar-refractivity contribution >= 4 is 35.0 Å². The van der Waals surface area contributed by atoms with Crippen molar-refractivity contribution in [2.24, 2.45) is 0 Å². The van der Waals surface area contributed by atoms with E-state index in [2.05, 4.69) is 4.98 Å². The molecular weight excluding hydrogens is 485 g/mol. The summed E-state index contributed by atoms with van der Waals surface area (Å²) in [6.07, 6.45) is 1.35. The van der Waals surface area contributed by atoms with Gasteiger partial charge in [0.25, 0.3) is 11.8 Å². The van der Waals surface area contributed by atoms with Crippen LogP contribution in [0.15, 0.2) is 60.8 Å². The lowest BCUT2D eigenvalue weighted by molar-refractivity contribution is 0.0691. The molecule has 35 heavy (non-hydrogen) atoms. The Morgan fingerprint density at radius 3 is 2.26 bits per heavy atom. The molecular formula is C26H19Cl2N5O2. The van der Waals surface area contributed by atoms with Crippen LogP contribution in [-0.2, 0) is 0 Å². The van der Waals surface area contributed by atoms with Crippen LogP contribution in [0.1, 0.15) is 43.5 Å². The molecule has 1 aromatic heterocycles. The van der Waals surface area contributed by atoms with Crippen LogP contribution < -0.4 is 0 Å². The number of halogens is 2. The van der Waals surface area contributed by atoms with Crippen LogP contribution >= 0.6 is 23.2 Å². The first kappa shape index (κ1) is 24.2. The lowest BCUT2D eigenvalue weighted by atomic mass is 9.93. The highest BCUT2D eigenvalue weighted by atomic mass is 35.5. The van der Waals surface area contributed by atoms with E-state index in [0.717, 1.165) is 5.56 Å². The van der Waals surface area contributed by atoms with Gasteiger partial charge in [-0.3, -0.25) is 9.59 Å². The van der Waals surface area contributed by atoms with Crippen LogP contribution in [-0.4, -0.2) is 52.8 Å². The molecule has 0 saturated carbocycles. The number of carbonyl (C=O) groups excluding carboxylic acids is 2. The van der Waals surface area contributed by atoms with Gasteiger partial charge in [0, 0.05) is 37.8 Å². The van der Waals surface area contributed by atoms with Crippen molar-refractivity contribution in [3.63, 3.8) is 0 Å². The van der Waals surface area contributed by atoms with Gasteiger partial charge in [0.05, 0.1) is 33.3 Å². The monoisotopic (exact) mass is 503 g/mol. The Bertz CT molecular complexity index is 1360. The van der Waals surface area contributed by atoms with Crippen molar-refractivity contribution in [2.75, 3.05) is 20.1 Å². The maximum Gasteiger partial charge on any atom is 0.272 e. The largest absolute Gasteiger partial charge is 0.336 e. The van der Waals surface area contributed by atoms with Gasteiger partial charge in [0.2, 0.25) is 0 Å². The van der Waals surface area contributed by atoms with Gasteiger partial charge in [-0.25, -0.2) is 4.98 Å². The van der Waals surface area contributed by atoms with E-state index < -0.39 is 0 Å². The summed E-state index contributed by atoms with van der Waals surface area (Å²) in [5.41, 5.74) is 2.34. The molecule has 7 nitrogen and oxygen atoms in total. The average Bonchev–Trinajstić information content (AvgIpc) is 3.34. The summed E-state index contributed by atoms with van der Waals surface area (Å²) in [6, 6.07) is 18.5. The van der Waals surface area contributed by atoms with Gasteiger partial charge in [-0.1, -0.05) is 29.3 Å². The Morgan fingerprint density at radius 2 is 1.66 bits per heavy atom. The van der Waals surface area contributed by atoms with Crippen LogP contribution in [0.3, 0.4) is 0 Å². The maximum atomic E-state index is 13.3. The number of benzene rings is 2. The molecule has 174 valence electrons. The van der Waals surface area contributed by atoms with Gasteiger partial charge >= 0.3 is 0 Å². The van der Waals surface area contributed by atoms with Crippen LogP contribution in [0.2, 0.25) is 10.0 Å². The van der Waals surface area contributed by atoms with Crippen molar-refractivity contribution in [1.82, 2.24) is 14.8 Å². The fourth-order valence-electron chi connectivity index (χ4n) is 4.20. The first-order valence-electron chi connectivity index (χ1n) is 10.7. The molecule has 1 aliphatic rings. The number of amides is 2. The Balaban J connectivity index is 1.65. The summed E-state index contributed by atoms with van der Waals surface area (Å²) in [7, 11) is 1.67. The summed E-state index contributed by atoms with van der Waals surface area (Å²) >= 11 is 12.4. The quantitative estimate of drug-likeness (QED) is 0.521. The molecule has 4 rings (SSSR count). The van der Waals surface area contributed by atoms with E-state index >= 15 is 0 Å². The Kier molecular flexibility index (Phi) is 7.02. The molecule has 1 saturated heterocycles. The summed E-state index contributed by atoms with van der Waals surface area (Å²) in [6.45, 7) is 0.655. The smallest absolute Gasteiger partial charge is 0.272 e. The summed E-state index contributed by atoms with van der Waals surface area (Å²) < 4.78 is 0. The summed E-state index contributed by atoms with van der Waals surface area (Å²) in [4.78, 5) is 33.9. The zero-order valence-corrected chi connectivity index (χ0v) is 20.2. The van der Waals surface area contributed by atoms with Gasteiger partial charge in [0.15, 0.2) is 0 Å². The molecule has 2 atom stereocenters. The van der Waals surface area contributed by atoms with Crippen LogP contribution in [0, 0.1) is 22.7 Å². The molecule has 9 heteroatoms. The van der Waals surface area contributed by atoms with Gasteiger partial charge in [-0.2, -0.15) is 10.5 Å². The van der Waals surface area contributed by atoms with Gasteiger partial charge in [-0.15, -0.1) is 0 Å². The first-order valence-corrected chi connectivity index (χ1v) is 11.5. The van der Waals surface area contributed by atoms with Crippen molar-refractivity contribution in [1.29, 1.82) is 10.5 Å². The minimum Gasteiger partial charge on any atom is -0.336 e. The van der Waals surface area contributed by atoms with E-state index in [-0.39, 0.29) is 29.5 Å². The van der Waals surface area contributed by atoms with Crippen molar-refractivity contribution in [3.8, 4) is 12.1 Å². The predicted octanol–water partition coefficient (Wildman–Crippen LogP) is 4.51. The lowest BCUT2D eigenvalue weighted by Gasteiger charge is -2.29. The average molecular weight is 504 g/mol. The second kappa shape index (κ2) is 10.1. The SMILES string of the molecule is CN(C(=O)c1ccc(C#N)cn1)[C@@H]1CN(C(=O)c2ccc(C#N)cc2)C[C@H]1c1ccc(Cl)c(Cl)c1. The molecule has 2 heterocycles. The third-order valence-corrected chi connectivity index (χ3v) is 6.88. The number of hydrogen-bond donors (Lipinski definition) is 0.